The second-order valence-electron chi connectivity index (χ2n) is 6.49. The normalized spacial score (nSPS) is 15.3. The fourth-order valence-corrected chi connectivity index (χ4v) is 3.78. The number of benzene rings is 2. The van der Waals surface area contributed by atoms with Gasteiger partial charge in [0.25, 0.3) is 0 Å². The van der Waals surface area contributed by atoms with Crippen LogP contribution in [0.2, 0.25) is 0 Å². The lowest BCUT2D eigenvalue weighted by atomic mass is 10.1. The van der Waals surface area contributed by atoms with Crippen molar-refractivity contribution in [2.45, 2.75) is 30.7 Å². The summed E-state index contributed by atoms with van der Waals surface area (Å²) in [6, 6.07) is 16.4. The van der Waals surface area contributed by atoms with Crippen LogP contribution in [-0.2, 0) is 9.53 Å². The quantitative estimate of drug-likeness (QED) is 0.460. The molecule has 0 saturated heterocycles. The van der Waals surface area contributed by atoms with Gasteiger partial charge in [-0.15, -0.1) is 0 Å². The number of carbonyl (C=O) groups excluding carboxylic acids is 1. The Kier molecular flexibility index (Phi) is 4.54. The van der Waals surface area contributed by atoms with Gasteiger partial charge in [0.2, 0.25) is 0 Å². The van der Waals surface area contributed by atoms with Crippen LogP contribution in [0.4, 0.5) is 0 Å². The molecule has 0 bridgehead atoms. The smallest absolute Gasteiger partial charge is 0.363 e. The van der Waals surface area contributed by atoms with Gasteiger partial charge < -0.3 is 4.74 Å². The summed E-state index contributed by atoms with van der Waals surface area (Å²) < 4.78 is 5.04. The molecule has 134 valence electrons. The summed E-state index contributed by atoms with van der Waals surface area (Å²) in [5.74, 6) is -0.0632. The Labute approximate surface area is 162 Å². The third-order valence-corrected chi connectivity index (χ3v) is 5.32. The summed E-state index contributed by atoms with van der Waals surface area (Å²) in [4.78, 5) is 22.2. The molecule has 0 N–H and O–H groups in total. The van der Waals surface area contributed by atoms with Gasteiger partial charge >= 0.3 is 5.97 Å². The number of fused-ring (bicyclic) bond motifs is 1. The van der Waals surface area contributed by atoms with E-state index in [4.69, 9.17) is 9.72 Å². The lowest BCUT2D eigenvalue weighted by Gasteiger charge is -2.10. The van der Waals surface area contributed by atoms with Crippen LogP contribution in [-0.4, -0.2) is 16.9 Å². The standard InChI is InChI=1S/C22H18N2O2S/c1-13-7-9-18(10-8-13)27-21-17(12-19-22(25)26-15(3)23-19)11-16-6-4-5-14(2)20(16)24-21/h4-12H,1-3H3/b19-12+. The molecule has 1 aliphatic rings. The molecule has 5 heteroatoms. The van der Waals surface area contributed by atoms with E-state index in [0.717, 1.165) is 32.0 Å². The summed E-state index contributed by atoms with van der Waals surface area (Å²) >= 11 is 1.58. The summed E-state index contributed by atoms with van der Waals surface area (Å²) in [5, 5.41) is 1.86. The molecule has 4 rings (SSSR count). The van der Waals surface area contributed by atoms with E-state index in [0.29, 0.717) is 11.6 Å². The van der Waals surface area contributed by atoms with Gasteiger partial charge in [-0.25, -0.2) is 14.8 Å². The van der Waals surface area contributed by atoms with Gasteiger partial charge in [-0.1, -0.05) is 47.7 Å². The molecule has 0 spiro atoms. The average molecular weight is 374 g/mol. The molecule has 0 saturated carbocycles. The molecule has 0 atom stereocenters. The fraction of sp³-hybridized carbons (Fsp3) is 0.136. The predicted octanol–water partition coefficient (Wildman–Crippen LogP) is 5.32. The summed E-state index contributed by atoms with van der Waals surface area (Å²) in [7, 11) is 0. The van der Waals surface area contributed by atoms with Crippen LogP contribution < -0.4 is 0 Å². The van der Waals surface area contributed by atoms with E-state index < -0.39 is 5.97 Å². The van der Waals surface area contributed by atoms with Crippen molar-refractivity contribution in [1.29, 1.82) is 0 Å². The Bertz CT molecular complexity index is 1120. The van der Waals surface area contributed by atoms with E-state index >= 15 is 0 Å². The minimum atomic E-state index is -0.428. The molecule has 27 heavy (non-hydrogen) atoms. The molecule has 0 unspecified atom stereocenters. The number of esters is 1. The first-order chi connectivity index (χ1) is 13.0. The number of carbonyl (C=O) groups is 1. The van der Waals surface area contributed by atoms with Gasteiger partial charge in [0.1, 0.15) is 5.03 Å². The van der Waals surface area contributed by atoms with E-state index in [-0.39, 0.29) is 0 Å². The second kappa shape index (κ2) is 7.00. The lowest BCUT2D eigenvalue weighted by molar-refractivity contribution is -0.130. The topological polar surface area (TPSA) is 51.5 Å². The number of aryl methyl sites for hydroxylation is 2. The van der Waals surface area contributed by atoms with Crippen LogP contribution in [0, 0.1) is 13.8 Å². The highest BCUT2D eigenvalue weighted by molar-refractivity contribution is 7.99. The lowest BCUT2D eigenvalue weighted by Crippen LogP contribution is -2.00. The number of aromatic nitrogens is 1. The SMILES string of the molecule is CC1=N/C(=C/c2cc3cccc(C)c3nc2Sc2ccc(C)cc2)C(=O)O1. The van der Waals surface area contributed by atoms with Crippen molar-refractivity contribution in [3.05, 3.63) is 70.9 Å². The maximum Gasteiger partial charge on any atom is 0.363 e. The van der Waals surface area contributed by atoms with Gasteiger partial charge in [-0.2, -0.15) is 0 Å². The fourth-order valence-electron chi connectivity index (χ4n) is 2.91. The molecular weight excluding hydrogens is 356 g/mol. The van der Waals surface area contributed by atoms with Crippen LogP contribution in [0.25, 0.3) is 17.0 Å². The molecular formula is C22H18N2O2S. The minimum absolute atomic E-state index is 0.298. The van der Waals surface area contributed by atoms with Crippen molar-refractivity contribution in [1.82, 2.24) is 4.98 Å². The zero-order valence-corrected chi connectivity index (χ0v) is 16.1. The summed E-state index contributed by atoms with van der Waals surface area (Å²) in [6.07, 6.45) is 1.75. The number of aliphatic imine (C=N–C) groups is 1. The van der Waals surface area contributed by atoms with E-state index in [1.165, 1.54) is 5.56 Å². The van der Waals surface area contributed by atoms with Crippen LogP contribution >= 0.6 is 11.8 Å². The summed E-state index contributed by atoms with van der Waals surface area (Å²) in [6.45, 7) is 5.78. The van der Waals surface area contributed by atoms with Gasteiger partial charge in [-0.3, -0.25) is 0 Å². The molecule has 0 radical (unpaired) electrons. The molecule has 0 fully saturated rings. The molecule has 0 aliphatic carbocycles. The first-order valence-corrected chi connectivity index (χ1v) is 9.45. The Morgan fingerprint density at radius 3 is 2.52 bits per heavy atom. The minimum Gasteiger partial charge on any atom is -0.407 e. The van der Waals surface area contributed by atoms with E-state index in [9.17, 15) is 4.79 Å². The van der Waals surface area contributed by atoms with Crippen molar-refractivity contribution in [3.8, 4) is 0 Å². The number of hydrogen-bond donors (Lipinski definition) is 0. The molecule has 2 aromatic carbocycles. The number of rotatable bonds is 3. The number of hydrogen-bond acceptors (Lipinski definition) is 5. The van der Waals surface area contributed by atoms with Gasteiger partial charge in [0, 0.05) is 22.8 Å². The van der Waals surface area contributed by atoms with Crippen LogP contribution in [0.1, 0.15) is 23.6 Å². The van der Waals surface area contributed by atoms with Crippen LogP contribution in [0.3, 0.4) is 0 Å². The Morgan fingerprint density at radius 2 is 1.81 bits per heavy atom. The number of nitrogens with zero attached hydrogens (tertiary/aromatic N) is 2. The molecule has 1 aromatic heterocycles. The predicted molar refractivity (Wildman–Crippen MR) is 109 cm³/mol. The maximum atomic E-state index is 12.0. The first-order valence-electron chi connectivity index (χ1n) is 8.64. The van der Waals surface area contributed by atoms with Gasteiger partial charge in [0.05, 0.1) is 5.52 Å². The Hall–Kier alpha value is -2.92. The van der Waals surface area contributed by atoms with Crippen LogP contribution in [0.15, 0.2) is 69.1 Å². The molecule has 2 heterocycles. The number of pyridine rings is 1. The maximum absolute atomic E-state index is 12.0. The van der Waals surface area contributed by atoms with Crippen molar-refractivity contribution in [3.63, 3.8) is 0 Å². The van der Waals surface area contributed by atoms with Gasteiger partial charge in [-0.05, 0) is 43.7 Å². The van der Waals surface area contributed by atoms with Crippen LogP contribution in [0.5, 0.6) is 0 Å². The molecule has 1 aliphatic heterocycles. The summed E-state index contributed by atoms with van der Waals surface area (Å²) in [5.41, 5.74) is 4.44. The third-order valence-electron chi connectivity index (χ3n) is 4.30. The van der Waals surface area contributed by atoms with Crippen molar-refractivity contribution < 1.29 is 9.53 Å². The van der Waals surface area contributed by atoms with Gasteiger partial charge in [0.15, 0.2) is 11.6 Å². The van der Waals surface area contributed by atoms with Crippen molar-refractivity contribution in [2.75, 3.05) is 0 Å². The highest BCUT2D eigenvalue weighted by Gasteiger charge is 2.21. The molecule has 4 nitrogen and oxygen atoms in total. The Balaban J connectivity index is 1.86. The highest BCUT2D eigenvalue weighted by atomic mass is 32.2. The van der Waals surface area contributed by atoms with E-state index in [2.05, 4.69) is 55.2 Å². The largest absolute Gasteiger partial charge is 0.407 e. The monoisotopic (exact) mass is 374 g/mol. The first kappa shape index (κ1) is 17.5. The van der Waals surface area contributed by atoms with Crippen molar-refractivity contribution >= 4 is 40.6 Å². The number of para-hydroxylation sites is 1. The third kappa shape index (κ3) is 3.64. The zero-order chi connectivity index (χ0) is 19.0. The van der Waals surface area contributed by atoms with E-state index in [1.54, 1.807) is 24.8 Å². The average Bonchev–Trinajstić information content (AvgIpc) is 2.95. The molecule has 0 amide bonds. The second-order valence-corrected chi connectivity index (χ2v) is 7.56. The zero-order valence-electron chi connectivity index (χ0n) is 15.3. The number of cyclic esters (lactones) is 1. The van der Waals surface area contributed by atoms with E-state index in [1.807, 2.05) is 12.1 Å². The number of ether oxygens (including phenoxy) is 1. The molecule has 3 aromatic rings. The van der Waals surface area contributed by atoms with Crippen molar-refractivity contribution in [2.24, 2.45) is 4.99 Å². The highest BCUT2D eigenvalue weighted by Crippen LogP contribution is 2.33. The Morgan fingerprint density at radius 1 is 1.04 bits per heavy atom.